The lowest BCUT2D eigenvalue weighted by molar-refractivity contribution is -0.146. The molecule has 9 nitrogen and oxygen atoms in total. The molecule has 2 unspecified atom stereocenters. The molecule has 4 atom stereocenters. The zero-order chi connectivity index (χ0) is 27.7. The SMILES string of the molecule is CCc1cc(NC(=O)C(=O)N2C[C@@H](C)CC[C@@H]2c2ccc3sc(C4CCN(C)CC4OC)nc3c2)cnc1N. The van der Waals surface area contributed by atoms with Gasteiger partial charge in [-0.3, -0.25) is 9.59 Å². The molecule has 5 rings (SSSR count). The average Bonchev–Trinajstić information content (AvgIpc) is 3.36. The summed E-state index contributed by atoms with van der Waals surface area (Å²) in [6.45, 7) is 6.54. The number of thiazole rings is 1. The lowest BCUT2D eigenvalue weighted by atomic mass is 9.89. The van der Waals surface area contributed by atoms with Crippen molar-refractivity contribution in [2.75, 3.05) is 44.8 Å². The van der Waals surface area contributed by atoms with Gasteiger partial charge >= 0.3 is 11.8 Å². The number of rotatable bonds is 5. The number of aromatic nitrogens is 2. The molecule has 0 radical (unpaired) electrons. The van der Waals surface area contributed by atoms with Gasteiger partial charge in [0.1, 0.15) is 5.82 Å². The predicted molar refractivity (Wildman–Crippen MR) is 155 cm³/mol. The van der Waals surface area contributed by atoms with Crippen LogP contribution in [-0.2, 0) is 20.7 Å². The van der Waals surface area contributed by atoms with E-state index >= 15 is 0 Å². The third-order valence-corrected chi connectivity index (χ3v) is 9.28. The number of anilines is 2. The van der Waals surface area contributed by atoms with Gasteiger partial charge in [-0.25, -0.2) is 9.97 Å². The van der Waals surface area contributed by atoms with E-state index in [1.54, 1.807) is 29.4 Å². The number of carbonyl (C=O) groups excluding carboxylic acids is 2. The van der Waals surface area contributed by atoms with Gasteiger partial charge in [0.05, 0.1) is 39.3 Å². The number of piperidine rings is 2. The molecule has 0 spiro atoms. The Hall–Kier alpha value is -3.08. The van der Waals surface area contributed by atoms with Gasteiger partial charge < -0.3 is 25.6 Å². The minimum absolute atomic E-state index is 0.125. The number of nitrogen functional groups attached to an aromatic ring is 1. The Morgan fingerprint density at radius 2 is 2.03 bits per heavy atom. The van der Waals surface area contributed by atoms with Gasteiger partial charge in [-0.15, -0.1) is 11.3 Å². The molecule has 1 aromatic carbocycles. The number of likely N-dealkylation sites (tertiary alicyclic amines) is 2. The second-order valence-corrected chi connectivity index (χ2v) is 12.0. The number of aryl methyl sites for hydroxylation is 1. The fourth-order valence-electron chi connectivity index (χ4n) is 5.83. The number of nitrogens with one attached hydrogen (secondary N) is 1. The highest BCUT2D eigenvalue weighted by Gasteiger charge is 2.35. The van der Waals surface area contributed by atoms with Gasteiger partial charge in [0.25, 0.3) is 0 Å². The highest BCUT2D eigenvalue weighted by atomic mass is 32.1. The second-order valence-electron chi connectivity index (χ2n) is 10.9. The maximum absolute atomic E-state index is 13.5. The van der Waals surface area contributed by atoms with Crippen molar-refractivity contribution in [1.29, 1.82) is 0 Å². The summed E-state index contributed by atoms with van der Waals surface area (Å²) >= 11 is 1.73. The van der Waals surface area contributed by atoms with E-state index in [0.29, 0.717) is 30.4 Å². The van der Waals surface area contributed by atoms with Crippen molar-refractivity contribution in [2.45, 2.75) is 57.6 Å². The van der Waals surface area contributed by atoms with E-state index in [1.165, 1.54) is 6.20 Å². The van der Waals surface area contributed by atoms with Crippen LogP contribution in [0.3, 0.4) is 0 Å². The lowest BCUT2D eigenvalue weighted by Crippen LogP contribution is -2.46. The number of amides is 2. The molecule has 2 aliphatic rings. The van der Waals surface area contributed by atoms with Crippen LogP contribution >= 0.6 is 11.3 Å². The van der Waals surface area contributed by atoms with Crippen molar-refractivity contribution in [3.63, 3.8) is 0 Å². The molecular weight excluding hydrogens is 512 g/mol. The number of nitrogens with two attached hydrogens (primary N) is 1. The van der Waals surface area contributed by atoms with E-state index in [1.807, 2.05) is 6.92 Å². The highest BCUT2D eigenvalue weighted by molar-refractivity contribution is 7.18. The van der Waals surface area contributed by atoms with Gasteiger partial charge in [-0.1, -0.05) is 19.9 Å². The van der Waals surface area contributed by atoms with Gasteiger partial charge in [0.15, 0.2) is 0 Å². The molecule has 4 heterocycles. The smallest absolute Gasteiger partial charge is 0.313 e. The molecule has 2 aromatic heterocycles. The van der Waals surface area contributed by atoms with Gasteiger partial charge in [-0.2, -0.15) is 0 Å². The van der Waals surface area contributed by atoms with Crippen molar-refractivity contribution in [2.24, 2.45) is 5.92 Å². The Balaban J connectivity index is 1.37. The Labute approximate surface area is 233 Å². The zero-order valence-corrected chi connectivity index (χ0v) is 24.0. The van der Waals surface area contributed by atoms with Gasteiger partial charge in [-0.05, 0) is 74.5 Å². The van der Waals surface area contributed by atoms with Crippen LogP contribution in [0.25, 0.3) is 10.2 Å². The van der Waals surface area contributed by atoms with Crippen LogP contribution in [0.15, 0.2) is 30.5 Å². The largest absolute Gasteiger partial charge is 0.383 e. The number of hydrogen-bond acceptors (Lipinski definition) is 8. The first-order valence-electron chi connectivity index (χ1n) is 13.7. The summed E-state index contributed by atoms with van der Waals surface area (Å²) in [4.78, 5) is 39.7. The summed E-state index contributed by atoms with van der Waals surface area (Å²) in [7, 11) is 3.90. The summed E-state index contributed by atoms with van der Waals surface area (Å²) in [5.74, 6) is -0.170. The molecule has 10 heteroatoms. The molecular formula is C29H38N6O3S. The molecule has 2 amide bonds. The van der Waals surface area contributed by atoms with E-state index in [2.05, 4.69) is 47.4 Å². The fraction of sp³-hybridized carbons (Fsp3) is 0.517. The van der Waals surface area contributed by atoms with E-state index in [4.69, 9.17) is 15.5 Å². The summed E-state index contributed by atoms with van der Waals surface area (Å²) < 4.78 is 6.94. The summed E-state index contributed by atoms with van der Waals surface area (Å²) in [5, 5.41) is 3.84. The van der Waals surface area contributed by atoms with Crippen LogP contribution in [0.2, 0.25) is 0 Å². The molecule has 0 aliphatic carbocycles. The maximum atomic E-state index is 13.5. The number of carbonyl (C=O) groups is 2. The second kappa shape index (κ2) is 11.6. The van der Waals surface area contributed by atoms with Crippen molar-refractivity contribution in [3.8, 4) is 0 Å². The number of hydrogen-bond donors (Lipinski definition) is 2. The monoisotopic (exact) mass is 550 g/mol. The van der Waals surface area contributed by atoms with Crippen molar-refractivity contribution in [1.82, 2.24) is 19.8 Å². The number of pyridine rings is 1. The normalized spacial score (nSPS) is 24.2. The number of likely N-dealkylation sites (N-methyl/N-ethyl adjacent to an activating group) is 1. The highest BCUT2D eigenvalue weighted by Crippen LogP contribution is 2.38. The number of fused-ring (bicyclic) bond motifs is 1. The van der Waals surface area contributed by atoms with Crippen LogP contribution in [0.1, 0.15) is 61.2 Å². The number of ether oxygens (including phenoxy) is 1. The fourth-order valence-corrected chi connectivity index (χ4v) is 6.97. The van der Waals surface area contributed by atoms with E-state index < -0.39 is 11.8 Å². The molecule has 208 valence electrons. The molecule has 3 N–H and O–H groups in total. The Kier molecular flexibility index (Phi) is 8.16. The Bertz CT molecular complexity index is 1360. The molecule has 2 saturated heterocycles. The first-order chi connectivity index (χ1) is 18.8. The summed E-state index contributed by atoms with van der Waals surface area (Å²) in [6, 6.07) is 7.89. The maximum Gasteiger partial charge on any atom is 0.313 e. The first-order valence-corrected chi connectivity index (χ1v) is 14.6. The molecule has 3 aromatic rings. The minimum Gasteiger partial charge on any atom is -0.383 e. The minimum atomic E-state index is -0.660. The third kappa shape index (κ3) is 5.78. The van der Waals surface area contributed by atoms with Crippen molar-refractivity contribution < 1.29 is 14.3 Å². The summed E-state index contributed by atoms with van der Waals surface area (Å²) in [6.07, 6.45) is 5.11. The molecule has 0 bridgehead atoms. The summed E-state index contributed by atoms with van der Waals surface area (Å²) in [5.41, 5.74) is 9.16. The lowest BCUT2D eigenvalue weighted by Gasteiger charge is -2.38. The zero-order valence-electron chi connectivity index (χ0n) is 23.1. The van der Waals surface area contributed by atoms with Crippen LogP contribution in [-0.4, -0.2) is 71.5 Å². The van der Waals surface area contributed by atoms with Crippen molar-refractivity contribution in [3.05, 3.63) is 46.6 Å². The van der Waals surface area contributed by atoms with E-state index in [0.717, 1.165) is 58.7 Å². The quantitative estimate of drug-likeness (QED) is 0.458. The van der Waals surface area contributed by atoms with Crippen LogP contribution in [0.5, 0.6) is 0 Å². The standard InChI is InChI=1S/C29H38N6O3S/c1-5-18-12-20(14-31-26(18)30)32-27(36)29(37)35-15-17(2)6-8-23(35)19-7-9-25-22(13-19)33-28(39-25)21-10-11-34(3)16-24(21)38-4/h7,9,12-14,17,21,23-24H,5-6,8,10-11,15-16H2,1-4H3,(H2,30,31)(H,32,36)/t17-,21?,23+,24?/m0/s1. The van der Waals surface area contributed by atoms with Crippen molar-refractivity contribution >= 4 is 44.9 Å². The topological polar surface area (TPSA) is 114 Å². The number of methoxy groups -OCH3 is 1. The average molecular weight is 551 g/mol. The van der Waals surface area contributed by atoms with Crippen LogP contribution in [0, 0.1) is 5.92 Å². The molecule has 39 heavy (non-hydrogen) atoms. The number of benzene rings is 1. The van der Waals surface area contributed by atoms with Gasteiger partial charge in [0.2, 0.25) is 0 Å². The van der Waals surface area contributed by atoms with Crippen LogP contribution in [0.4, 0.5) is 11.5 Å². The van der Waals surface area contributed by atoms with E-state index in [-0.39, 0.29) is 18.1 Å². The van der Waals surface area contributed by atoms with Crippen LogP contribution < -0.4 is 11.1 Å². The first kappa shape index (κ1) is 27.5. The Morgan fingerprint density at radius 3 is 2.79 bits per heavy atom. The third-order valence-electron chi connectivity index (χ3n) is 8.11. The molecule has 0 saturated carbocycles. The molecule has 2 aliphatic heterocycles. The van der Waals surface area contributed by atoms with Gasteiger partial charge in [0, 0.05) is 26.1 Å². The Morgan fingerprint density at radius 1 is 1.21 bits per heavy atom. The van der Waals surface area contributed by atoms with E-state index in [9.17, 15) is 9.59 Å². The molecule has 2 fully saturated rings. The number of nitrogens with zero attached hydrogens (tertiary/aromatic N) is 4. The predicted octanol–water partition coefficient (Wildman–Crippen LogP) is 4.21.